The minimum atomic E-state index is -0.491. The first-order valence-corrected chi connectivity index (χ1v) is 8.65. The smallest absolute Gasteiger partial charge is 0.322 e. The number of carbonyl (C=O) groups is 1. The van der Waals surface area contributed by atoms with E-state index in [1.165, 1.54) is 36.0 Å². The number of hydrogen-bond donors (Lipinski definition) is 1. The topological polar surface area (TPSA) is 52.3 Å². The van der Waals surface area contributed by atoms with Crippen molar-refractivity contribution in [2.24, 2.45) is 5.73 Å². The zero-order valence-electron chi connectivity index (χ0n) is 15.0. The molecule has 1 unspecified atom stereocenters. The van der Waals surface area contributed by atoms with E-state index >= 15 is 0 Å². The first-order chi connectivity index (χ1) is 11.6. The fraction of sp³-hybridized carbons (Fsp3) is 0.381. The van der Waals surface area contributed by atoms with E-state index in [1.54, 1.807) is 13.8 Å². The van der Waals surface area contributed by atoms with Crippen LogP contribution >= 0.6 is 0 Å². The van der Waals surface area contributed by atoms with Crippen LogP contribution in [0.3, 0.4) is 0 Å². The molecule has 0 aliphatic heterocycles. The molecule has 3 heteroatoms. The van der Waals surface area contributed by atoms with Crippen molar-refractivity contribution < 1.29 is 9.53 Å². The maximum Gasteiger partial charge on any atom is 0.322 e. The molecule has 0 aliphatic carbocycles. The van der Waals surface area contributed by atoms with Gasteiger partial charge in [0.1, 0.15) is 6.04 Å². The van der Waals surface area contributed by atoms with Crippen molar-refractivity contribution in [1.29, 1.82) is 0 Å². The van der Waals surface area contributed by atoms with Crippen molar-refractivity contribution in [3.8, 4) is 11.1 Å². The third-order valence-electron chi connectivity index (χ3n) is 3.56. The van der Waals surface area contributed by atoms with Gasteiger partial charge in [-0.25, -0.2) is 0 Å². The molecule has 0 saturated heterocycles. The van der Waals surface area contributed by atoms with E-state index in [4.69, 9.17) is 5.73 Å². The SMILES string of the molecule is CCCCc1ccccc1-c1ccccc1.CCOC(=O)C(C)N. The Kier molecular flexibility index (Phi) is 9.47. The average Bonchev–Trinajstić information content (AvgIpc) is 2.61. The number of esters is 1. The molecule has 0 spiro atoms. The van der Waals surface area contributed by atoms with Crippen LogP contribution in [-0.2, 0) is 16.0 Å². The summed E-state index contributed by atoms with van der Waals surface area (Å²) in [4.78, 5) is 10.4. The molecule has 24 heavy (non-hydrogen) atoms. The number of ether oxygens (including phenoxy) is 1. The quantitative estimate of drug-likeness (QED) is 0.789. The number of carbonyl (C=O) groups excluding carboxylic acids is 1. The summed E-state index contributed by atoms with van der Waals surface area (Å²) in [5.41, 5.74) is 9.33. The molecule has 0 aliphatic rings. The highest BCUT2D eigenvalue weighted by Crippen LogP contribution is 2.24. The molecule has 0 fully saturated rings. The number of unbranched alkanes of at least 4 members (excludes halogenated alkanes) is 1. The Morgan fingerprint density at radius 2 is 1.67 bits per heavy atom. The Bertz CT molecular complexity index is 594. The largest absolute Gasteiger partial charge is 0.465 e. The highest BCUT2D eigenvalue weighted by atomic mass is 16.5. The molecule has 0 aromatic heterocycles. The number of hydrogen-bond acceptors (Lipinski definition) is 3. The van der Waals surface area contributed by atoms with Crippen LogP contribution in [0.1, 0.15) is 39.2 Å². The average molecular weight is 327 g/mol. The molecule has 2 aromatic rings. The highest BCUT2D eigenvalue weighted by Gasteiger charge is 2.05. The predicted molar refractivity (Wildman–Crippen MR) is 101 cm³/mol. The number of rotatable bonds is 6. The lowest BCUT2D eigenvalue weighted by Gasteiger charge is -2.08. The van der Waals surface area contributed by atoms with Crippen LogP contribution in [0.5, 0.6) is 0 Å². The van der Waals surface area contributed by atoms with E-state index in [1.807, 2.05) is 0 Å². The lowest BCUT2D eigenvalue weighted by Crippen LogP contribution is -2.28. The summed E-state index contributed by atoms with van der Waals surface area (Å²) in [7, 11) is 0. The second kappa shape index (κ2) is 11.4. The van der Waals surface area contributed by atoms with E-state index in [-0.39, 0.29) is 5.97 Å². The highest BCUT2D eigenvalue weighted by molar-refractivity contribution is 5.74. The van der Waals surface area contributed by atoms with Gasteiger partial charge in [0.2, 0.25) is 0 Å². The summed E-state index contributed by atoms with van der Waals surface area (Å²) in [5, 5.41) is 0. The summed E-state index contributed by atoms with van der Waals surface area (Å²) in [6, 6.07) is 18.9. The van der Waals surface area contributed by atoms with Gasteiger partial charge in [-0.2, -0.15) is 0 Å². The standard InChI is InChI=1S/C16H18.C5H11NO2/c1-2-3-9-14-12-7-8-13-16(14)15-10-5-4-6-11-15;1-3-8-5(7)4(2)6/h4-8,10-13H,2-3,9H2,1H3;4H,3,6H2,1-2H3. The Labute approximate surface area is 145 Å². The number of benzene rings is 2. The van der Waals surface area contributed by atoms with E-state index < -0.39 is 6.04 Å². The fourth-order valence-electron chi connectivity index (χ4n) is 2.28. The van der Waals surface area contributed by atoms with Gasteiger partial charge in [-0.1, -0.05) is 67.9 Å². The molecule has 3 nitrogen and oxygen atoms in total. The van der Waals surface area contributed by atoms with E-state index in [2.05, 4.69) is 66.3 Å². The van der Waals surface area contributed by atoms with Crippen molar-refractivity contribution in [3.05, 3.63) is 60.2 Å². The maximum absolute atomic E-state index is 10.4. The van der Waals surface area contributed by atoms with E-state index in [0.29, 0.717) is 6.61 Å². The summed E-state index contributed by atoms with van der Waals surface area (Å²) in [6.45, 7) is 5.99. The lowest BCUT2D eigenvalue weighted by atomic mass is 9.96. The van der Waals surface area contributed by atoms with Crippen LogP contribution in [0.2, 0.25) is 0 Å². The Hall–Kier alpha value is -2.13. The summed E-state index contributed by atoms with van der Waals surface area (Å²) >= 11 is 0. The Morgan fingerprint density at radius 1 is 1.04 bits per heavy atom. The number of nitrogens with two attached hydrogens (primary N) is 1. The van der Waals surface area contributed by atoms with Crippen molar-refractivity contribution in [2.45, 2.75) is 46.1 Å². The predicted octanol–water partition coefficient (Wildman–Crippen LogP) is 4.59. The molecule has 0 bridgehead atoms. The summed E-state index contributed by atoms with van der Waals surface area (Å²) in [6.07, 6.45) is 3.70. The van der Waals surface area contributed by atoms with Crippen LogP contribution in [0.15, 0.2) is 54.6 Å². The zero-order chi connectivity index (χ0) is 17.8. The second-order valence-electron chi connectivity index (χ2n) is 5.67. The first-order valence-electron chi connectivity index (χ1n) is 8.65. The van der Waals surface area contributed by atoms with Gasteiger partial charge in [-0.05, 0) is 43.4 Å². The molecule has 0 radical (unpaired) electrons. The zero-order valence-corrected chi connectivity index (χ0v) is 15.0. The second-order valence-corrected chi connectivity index (χ2v) is 5.67. The number of aryl methyl sites for hydroxylation is 1. The minimum absolute atomic E-state index is 0.340. The maximum atomic E-state index is 10.4. The molecule has 2 aromatic carbocycles. The normalized spacial score (nSPS) is 11.2. The van der Waals surface area contributed by atoms with Gasteiger partial charge in [0.05, 0.1) is 6.61 Å². The van der Waals surface area contributed by atoms with Crippen LogP contribution in [0, 0.1) is 0 Å². The van der Waals surface area contributed by atoms with Crippen LogP contribution in [0.25, 0.3) is 11.1 Å². The van der Waals surface area contributed by atoms with Crippen molar-refractivity contribution in [2.75, 3.05) is 6.61 Å². The van der Waals surface area contributed by atoms with Gasteiger partial charge in [0.15, 0.2) is 0 Å². The van der Waals surface area contributed by atoms with Gasteiger partial charge >= 0.3 is 5.97 Å². The van der Waals surface area contributed by atoms with Crippen molar-refractivity contribution in [1.82, 2.24) is 0 Å². The lowest BCUT2D eigenvalue weighted by molar-refractivity contribution is -0.144. The Morgan fingerprint density at radius 3 is 2.21 bits per heavy atom. The van der Waals surface area contributed by atoms with Gasteiger partial charge < -0.3 is 10.5 Å². The molecule has 0 amide bonds. The van der Waals surface area contributed by atoms with Crippen LogP contribution in [-0.4, -0.2) is 18.6 Å². The van der Waals surface area contributed by atoms with E-state index in [0.717, 1.165) is 0 Å². The summed E-state index contributed by atoms with van der Waals surface area (Å²) in [5.74, 6) is -0.340. The van der Waals surface area contributed by atoms with Crippen molar-refractivity contribution in [3.63, 3.8) is 0 Å². The molecule has 1 atom stereocenters. The van der Waals surface area contributed by atoms with Crippen LogP contribution < -0.4 is 5.73 Å². The first kappa shape index (κ1) is 19.9. The Balaban J connectivity index is 0.000000307. The molecule has 2 rings (SSSR count). The molecule has 0 saturated carbocycles. The van der Waals surface area contributed by atoms with Gasteiger partial charge in [-0.15, -0.1) is 0 Å². The van der Waals surface area contributed by atoms with Crippen molar-refractivity contribution >= 4 is 5.97 Å². The van der Waals surface area contributed by atoms with Gasteiger partial charge in [-0.3, -0.25) is 4.79 Å². The van der Waals surface area contributed by atoms with Gasteiger partial charge in [0.25, 0.3) is 0 Å². The van der Waals surface area contributed by atoms with Gasteiger partial charge in [0, 0.05) is 0 Å². The molecule has 2 N–H and O–H groups in total. The molecular formula is C21H29NO2. The van der Waals surface area contributed by atoms with Crippen LogP contribution in [0.4, 0.5) is 0 Å². The third kappa shape index (κ3) is 6.97. The van der Waals surface area contributed by atoms with E-state index in [9.17, 15) is 4.79 Å². The summed E-state index contributed by atoms with van der Waals surface area (Å²) < 4.78 is 4.54. The molecular weight excluding hydrogens is 298 g/mol. The molecule has 130 valence electrons. The molecule has 0 heterocycles. The monoisotopic (exact) mass is 327 g/mol. The fourth-order valence-corrected chi connectivity index (χ4v) is 2.28. The third-order valence-corrected chi connectivity index (χ3v) is 3.56. The minimum Gasteiger partial charge on any atom is -0.465 e.